The van der Waals surface area contributed by atoms with Crippen molar-refractivity contribution >= 4 is 21.6 Å². The number of nitrogen functional groups attached to an aromatic ring is 1. The van der Waals surface area contributed by atoms with Crippen molar-refractivity contribution in [3.63, 3.8) is 0 Å². The number of benzene rings is 1. The van der Waals surface area contributed by atoms with Crippen LogP contribution < -0.4 is 10.5 Å². The van der Waals surface area contributed by atoms with E-state index < -0.39 is 0 Å². The minimum absolute atomic E-state index is 0.661. The van der Waals surface area contributed by atoms with Crippen LogP contribution in [0.2, 0.25) is 0 Å². The standard InChI is InChI=1S/C12H14BrN3O/c13-10-6-11(14)8-12(7-10)17-5-1-3-16-4-2-15-9-16/h2,4,6-9H,1,3,5,14H2. The van der Waals surface area contributed by atoms with Crippen LogP contribution >= 0.6 is 15.9 Å². The van der Waals surface area contributed by atoms with Crippen LogP contribution in [0.25, 0.3) is 0 Å². The van der Waals surface area contributed by atoms with Crippen molar-refractivity contribution in [1.29, 1.82) is 0 Å². The maximum Gasteiger partial charge on any atom is 0.122 e. The number of nitrogens with two attached hydrogens (primary N) is 1. The quantitative estimate of drug-likeness (QED) is 0.682. The van der Waals surface area contributed by atoms with Crippen LogP contribution in [-0.2, 0) is 6.54 Å². The molecule has 1 aromatic carbocycles. The Kier molecular flexibility index (Phi) is 4.03. The Morgan fingerprint density at radius 1 is 1.35 bits per heavy atom. The minimum Gasteiger partial charge on any atom is -0.493 e. The van der Waals surface area contributed by atoms with Gasteiger partial charge in [-0.15, -0.1) is 0 Å². The largest absolute Gasteiger partial charge is 0.493 e. The van der Waals surface area contributed by atoms with Crippen LogP contribution in [-0.4, -0.2) is 16.2 Å². The van der Waals surface area contributed by atoms with Gasteiger partial charge in [-0.1, -0.05) is 15.9 Å². The van der Waals surface area contributed by atoms with Crippen molar-refractivity contribution in [1.82, 2.24) is 9.55 Å². The second kappa shape index (κ2) is 5.72. The number of aromatic nitrogens is 2. The van der Waals surface area contributed by atoms with Crippen molar-refractivity contribution in [2.45, 2.75) is 13.0 Å². The lowest BCUT2D eigenvalue weighted by molar-refractivity contribution is 0.302. The fourth-order valence-electron chi connectivity index (χ4n) is 1.52. The molecule has 0 amide bonds. The van der Waals surface area contributed by atoms with Gasteiger partial charge in [0.25, 0.3) is 0 Å². The van der Waals surface area contributed by atoms with E-state index in [1.54, 1.807) is 12.5 Å². The Labute approximate surface area is 109 Å². The first-order valence-corrected chi connectivity index (χ1v) is 6.18. The summed E-state index contributed by atoms with van der Waals surface area (Å²) in [5.41, 5.74) is 6.42. The van der Waals surface area contributed by atoms with Gasteiger partial charge in [-0.05, 0) is 18.6 Å². The number of rotatable bonds is 5. The van der Waals surface area contributed by atoms with Gasteiger partial charge in [0.2, 0.25) is 0 Å². The van der Waals surface area contributed by atoms with E-state index in [1.165, 1.54) is 0 Å². The summed E-state index contributed by atoms with van der Waals surface area (Å²) in [4.78, 5) is 3.98. The van der Waals surface area contributed by atoms with Crippen molar-refractivity contribution in [2.75, 3.05) is 12.3 Å². The zero-order chi connectivity index (χ0) is 12.1. The zero-order valence-corrected chi connectivity index (χ0v) is 10.9. The number of hydrogen-bond acceptors (Lipinski definition) is 3. The van der Waals surface area contributed by atoms with Gasteiger partial charge in [0, 0.05) is 35.2 Å². The molecule has 0 saturated carbocycles. The van der Waals surface area contributed by atoms with Gasteiger partial charge in [-0.25, -0.2) is 4.98 Å². The molecule has 2 rings (SSSR count). The highest BCUT2D eigenvalue weighted by atomic mass is 79.9. The van der Waals surface area contributed by atoms with Gasteiger partial charge >= 0.3 is 0 Å². The predicted molar refractivity (Wildman–Crippen MR) is 70.9 cm³/mol. The van der Waals surface area contributed by atoms with Crippen molar-refractivity contribution in [2.24, 2.45) is 0 Å². The molecule has 2 N–H and O–H groups in total. The highest BCUT2D eigenvalue weighted by molar-refractivity contribution is 9.10. The topological polar surface area (TPSA) is 53.1 Å². The van der Waals surface area contributed by atoms with E-state index in [1.807, 2.05) is 29.0 Å². The van der Waals surface area contributed by atoms with E-state index in [9.17, 15) is 0 Å². The molecule has 17 heavy (non-hydrogen) atoms. The third-order valence-electron chi connectivity index (χ3n) is 2.28. The molecule has 4 nitrogen and oxygen atoms in total. The fraction of sp³-hybridized carbons (Fsp3) is 0.250. The first-order valence-electron chi connectivity index (χ1n) is 5.38. The highest BCUT2D eigenvalue weighted by Crippen LogP contribution is 2.22. The van der Waals surface area contributed by atoms with Crippen LogP contribution in [0.4, 0.5) is 5.69 Å². The third kappa shape index (κ3) is 3.78. The number of imidazole rings is 1. The third-order valence-corrected chi connectivity index (χ3v) is 2.74. The first-order chi connectivity index (χ1) is 8.24. The number of nitrogens with zero attached hydrogens (tertiary/aromatic N) is 2. The fourth-order valence-corrected chi connectivity index (χ4v) is 2.01. The summed E-state index contributed by atoms with van der Waals surface area (Å²) in [6.07, 6.45) is 6.45. The van der Waals surface area contributed by atoms with Crippen LogP contribution in [0, 0.1) is 0 Å². The maximum absolute atomic E-state index is 5.72. The van der Waals surface area contributed by atoms with E-state index in [-0.39, 0.29) is 0 Å². The molecule has 5 heteroatoms. The molecule has 0 radical (unpaired) electrons. The average Bonchev–Trinajstić information content (AvgIpc) is 2.76. The lowest BCUT2D eigenvalue weighted by Crippen LogP contribution is -2.03. The van der Waals surface area contributed by atoms with E-state index >= 15 is 0 Å². The Bertz CT molecular complexity index is 450. The molecule has 0 spiro atoms. The van der Waals surface area contributed by atoms with Crippen molar-refractivity contribution < 1.29 is 4.74 Å². The molecule has 1 heterocycles. The smallest absolute Gasteiger partial charge is 0.122 e. The SMILES string of the molecule is Nc1cc(Br)cc(OCCCn2ccnc2)c1. The van der Waals surface area contributed by atoms with Crippen molar-refractivity contribution in [3.05, 3.63) is 41.4 Å². The summed E-state index contributed by atoms with van der Waals surface area (Å²) in [6, 6.07) is 5.58. The second-order valence-electron chi connectivity index (χ2n) is 3.72. The normalized spacial score (nSPS) is 10.4. The number of anilines is 1. The monoisotopic (exact) mass is 295 g/mol. The zero-order valence-electron chi connectivity index (χ0n) is 9.34. The van der Waals surface area contributed by atoms with Crippen LogP contribution in [0.3, 0.4) is 0 Å². The number of aryl methyl sites for hydroxylation is 1. The molecule has 0 atom stereocenters. The summed E-state index contributed by atoms with van der Waals surface area (Å²) in [5, 5.41) is 0. The molecular weight excluding hydrogens is 282 g/mol. The Morgan fingerprint density at radius 2 is 2.24 bits per heavy atom. The molecule has 0 aliphatic heterocycles. The summed E-state index contributed by atoms with van der Waals surface area (Å²) in [6.45, 7) is 1.57. The van der Waals surface area contributed by atoms with Gasteiger partial charge in [-0.3, -0.25) is 0 Å². The van der Waals surface area contributed by atoms with E-state index in [4.69, 9.17) is 10.5 Å². The molecule has 2 aromatic rings. The minimum atomic E-state index is 0.661. The van der Waals surface area contributed by atoms with Crippen LogP contribution in [0.1, 0.15) is 6.42 Å². The van der Waals surface area contributed by atoms with Gasteiger partial charge < -0.3 is 15.0 Å². The average molecular weight is 296 g/mol. The van der Waals surface area contributed by atoms with E-state index in [2.05, 4.69) is 20.9 Å². The van der Waals surface area contributed by atoms with Gasteiger partial charge in [-0.2, -0.15) is 0 Å². The summed E-state index contributed by atoms with van der Waals surface area (Å²) in [5.74, 6) is 0.794. The predicted octanol–water partition coefficient (Wildman–Crippen LogP) is 2.70. The highest BCUT2D eigenvalue weighted by Gasteiger charge is 1.98. The first kappa shape index (κ1) is 12.0. The van der Waals surface area contributed by atoms with Gasteiger partial charge in [0.05, 0.1) is 12.9 Å². The molecule has 0 saturated heterocycles. The molecule has 0 aliphatic carbocycles. The Balaban J connectivity index is 1.78. The summed E-state index contributed by atoms with van der Waals surface area (Å²) < 4.78 is 8.58. The van der Waals surface area contributed by atoms with E-state index in [0.29, 0.717) is 12.3 Å². The lowest BCUT2D eigenvalue weighted by atomic mass is 10.3. The van der Waals surface area contributed by atoms with Crippen LogP contribution in [0.5, 0.6) is 5.75 Å². The lowest BCUT2D eigenvalue weighted by Gasteiger charge is -2.07. The number of ether oxygens (including phenoxy) is 1. The summed E-state index contributed by atoms with van der Waals surface area (Å²) in [7, 11) is 0. The molecule has 0 fully saturated rings. The molecule has 0 aliphatic rings. The summed E-state index contributed by atoms with van der Waals surface area (Å²) >= 11 is 3.38. The van der Waals surface area contributed by atoms with Crippen molar-refractivity contribution in [3.8, 4) is 5.75 Å². The molecule has 0 bridgehead atoms. The second-order valence-corrected chi connectivity index (χ2v) is 4.64. The van der Waals surface area contributed by atoms with Gasteiger partial charge in [0.15, 0.2) is 0 Å². The molecule has 0 unspecified atom stereocenters. The number of halogens is 1. The van der Waals surface area contributed by atoms with Gasteiger partial charge in [0.1, 0.15) is 5.75 Å². The Hall–Kier alpha value is -1.49. The molecular formula is C12H14BrN3O. The molecule has 1 aromatic heterocycles. The van der Waals surface area contributed by atoms with E-state index in [0.717, 1.165) is 23.2 Å². The molecule has 90 valence electrons. The maximum atomic E-state index is 5.72. The number of hydrogen-bond donors (Lipinski definition) is 1. The van der Waals surface area contributed by atoms with Crippen LogP contribution in [0.15, 0.2) is 41.4 Å². The Morgan fingerprint density at radius 3 is 2.94 bits per heavy atom.